The maximum Gasteiger partial charge on any atom is 0.346 e. The van der Waals surface area contributed by atoms with Gasteiger partial charge in [0.1, 0.15) is 5.75 Å². The van der Waals surface area contributed by atoms with Gasteiger partial charge in [0, 0.05) is 0 Å². The zero-order valence-electron chi connectivity index (χ0n) is 13.0. The zero-order chi connectivity index (χ0) is 16.8. The molecular weight excluding hydrogens is 300 g/mol. The van der Waals surface area contributed by atoms with Gasteiger partial charge in [-0.15, -0.1) is 0 Å². The van der Waals surface area contributed by atoms with E-state index >= 15 is 0 Å². The highest BCUT2D eigenvalue weighted by Gasteiger charge is 2.17. The highest BCUT2D eigenvalue weighted by atomic mass is 16.6. The Hall–Kier alpha value is -3.02. The summed E-state index contributed by atoms with van der Waals surface area (Å²) >= 11 is 0. The van der Waals surface area contributed by atoms with Gasteiger partial charge in [-0.1, -0.05) is 0 Å². The molecule has 0 N–H and O–H groups in total. The second kappa shape index (κ2) is 7.31. The summed E-state index contributed by atoms with van der Waals surface area (Å²) in [6, 6.07) is 10.8. The lowest BCUT2D eigenvalue weighted by Crippen LogP contribution is -2.13. The molecule has 6 nitrogen and oxygen atoms in total. The standard InChI is InChI=1S/C17H16O6/c1-20-13-7-4-11(5-8-13)16(18)23-17(19)12-6-9-14(21-2)15(10-12)22-3/h4-10H,1-3H3. The molecule has 2 aromatic carbocycles. The van der Waals surface area contributed by atoms with Crippen molar-refractivity contribution in [2.75, 3.05) is 21.3 Å². The van der Waals surface area contributed by atoms with Crippen LogP contribution in [0.3, 0.4) is 0 Å². The van der Waals surface area contributed by atoms with Gasteiger partial charge in [-0.25, -0.2) is 9.59 Å². The molecule has 2 rings (SSSR count). The molecule has 0 heterocycles. The lowest BCUT2D eigenvalue weighted by Gasteiger charge is -2.09. The smallest absolute Gasteiger partial charge is 0.346 e. The van der Waals surface area contributed by atoms with Crippen LogP contribution in [-0.2, 0) is 4.74 Å². The minimum atomic E-state index is -0.772. The van der Waals surface area contributed by atoms with E-state index in [0.29, 0.717) is 17.2 Å². The Labute approximate surface area is 133 Å². The first kappa shape index (κ1) is 16.4. The van der Waals surface area contributed by atoms with E-state index in [4.69, 9.17) is 18.9 Å². The van der Waals surface area contributed by atoms with E-state index in [1.54, 1.807) is 18.2 Å². The van der Waals surface area contributed by atoms with Crippen molar-refractivity contribution >= 4 is 11.9 Å². The summed E-state index contributed by atoms with van der Waals surface area (Å²) in [5, 5.41) is 0. The van der Waals surface area contributed by atoms with Crippen LogP contribution in [0.2, 0.25) is 0 Å². The number of esters is 2. The molecule has 0 radical (unpaired) electrons. The summed E-state index contributed by atoms with van der Waals surface area (Å²) in [5.41, 5.74) is 0.434. The molecular formula is C17H16O6. The van der Waals surface area contributed by atoms with Crippen molar-refractivity contribution in [2.45, 2.75) is 0 Å². The fourth-order valence-corrected chi connectivity index (χ4v) is 1.89. The van der Waals surface area contributed by atoms with Gasteiger partial charge < -0.3 is 18.9 Å². The largest absolute Gasteiger partial charge is 0.497 e. The van der Waals surface area contributed by atoms with E-state index < -0.39 is 11.9 Å². The van der Waals surface area contributed by atoms with Gasteiger partial charge in [-0.3, -0.25) is 0 Å². The van der Waals surface area contributed by atoms with Crippen molar-refractivity contribution < 1.29 is 28.5 Å². The summed E-state index contributed by atoms with van der Waals surface area (Å²) in [6.07, 6.45) is 0. The molecule has 0 amide bonds. The van der Waals surface area contributed by atoms with Crippen LogP contribution in [-0.4, -0.2) is 33.3 Å². The molecule has 0 aliphatic heterocycles. The number of methoxy groups -OCH3 is 3. The number of hydrogen-bond acceptors (Lipinski definition) is 6. The van der Waals surface area contributed by atoms with E-state index in [-0.39, 0.29) is 11.1 Å². The molecule has 6 heteroatoms. The van der Waals surface area contributed by atoms with Crippen molar-refractivity contribution in [1.29, 1.82) is 0 Å². The molecule has 0 fully saturated rings. The predicted octanol–water partition coefficient (Wildman–Crippen LogP) is 2.71. The van der Waals surface area contributed by atoms with E-state index in [1.165, 1.54) is 45.6 Å². The quantitative estimate of drug-likeness (QED) is 0.624. The fraction of sp³-hybridized carbons (Fsp3) is 0.176. The molecule has 0 aliphatic carbocycles. The monoisotopic (exact) mass is 316 g/mol. The van der Waals surface area contributed by atoms with Gasteiger partial charge >= 0.3 is 11.9 Å². The molecule has 0 saturated carbocycles. The second-order valence-corrected chi connectivity index (χ2v) is 4.48. The van der Waals surface area contributed by atoms with Crippen molar-refractivity contribution in [3.05, 3.63) is 53.6 Å². The number of carbonyl (C=O) groups excluding carboxylic acids is 2. The Morgan fingerprint density at radius 1 is 0.696 bits per heavy atom. The van der Waals surface area contributed by atoms with Gasteiger partial charge in [0.05, 0.1) is 32.5 Å². The van der Waals surface area contributed by atoms with Crippen LogP contribution in [0.15, 0.2) is 42.5 Å². The Morgan fingerprint density at radius 3 is 1.83 bits per heavy atom. The van der Waals surface area contributed by atoms with Crippen LogP contribution in [0, 0.1) is 0 Å². The minimum Gasteiger partial charge on any atom is -0.497 e. The summed E-state index contributed by atoms with van der Waals surface area (Å²) in [6.45, 7) is 0. The second-order valence-electron chi connectivity index (χ2n) is 4.48. The lowest BCUT2D eigenvalue weighted by molar-refractivity contribution is 0.0397. The van der Waals surface area contributed by atoms with E-state index in [2.05, 4.69) is 0 Å². The van der Waals surface area contributed by atoms with Crippen LogP contribution in [0.1, 0.15) is 20.7 Å². The summed E-state index contributed by atoms with van der Waals surface area (Å²) < 4.78 is 20.1. The average molecular weight is 316 g/mol. The maximum atomic E-state index is 12.1. The van der Waals surface area contributed by atoms with Gasteiger partial charge in [-0.05, 0) is 42.5 Å². The van der Waals surface area contributed by atoms with Gasteiger partial charge in [0.15, 0.2) is 11.5 Å². The van der Waals surface area contributed by atoms with Crippen LogP contribution < -0.4 is 14.2 Å². The van der Waals surface area contributed by atoms with Crippen LogP contribution in [0.25, 0.3) is 0 Å². The highest BCUT2D eigenvalue weighted by Crippen LogP contribution is 2.27. The number of ether oxygens (including phenoxy) is 4. The molecule has 0 bridgehead atoms. The molecule has 0 spiro atoms. The van der Waals surface area contributed by atoms with Crippen LogP contribution >= 0.6 is 0 Å². The van der Waals surface area contributed by atoms with Gasteiger partial charge in [0.2, 0.25) is 0 Å². The van der Waals surface area contributed by atoms with Crippen molar-refractivity contribution in [3.8, 4) is 17.2 Å². The lowest BCUT2D eigenvalue weighted by atomic mass is 10.2. The van der Waals surface area contributed by atoms with E-state index in [1.807, 2.05) is 0 Å². The fourth-order valence-electron chi connectivity index (χ4n) is 1.89. The maximum absolute atomic E-state index is 12.1. The van der Waals surface area contributed by atoms with Crippen molar-refractivity contribution in [3.63, 3.8) is 0 Å². The number of benzene rings is 2. The number of rotatable bonds is 5. The average Bonchev–Trinajstić information content (AvgIpc) is 2.60. The first-order valence-electron chi connectivity index (χ1n) is 6.71. The minimum absolute atomic E-state index is 0.185. The first-order valence-corrected chi connectivity index (χ1v) is 6.71. The third kappa shape index (κ3) is 3.79. The Morgan fingerprint density at radius 2 is 1.26 bits per heavy atom. The number of hydrogen-bond donors (Lipinski definition) is 0. The number of carbonyl (C=O) groups is 2. The van der Waals surface area contributed by atoms with Crippen LogP contribution in [0.5, 0.6) is 17.2 Å². The van der Waals surface area contributed by atoms with Crippen LogP contribution in [0.4, 0.5) is 0 Å². The zero-order valence-corrected chi connectivity index (χ0v) is 13.0. The predicted molar refractivity (Wildman–Crippen MR) is 82.3 cm³/mol. The summed E-state index contributed by atoms with van der Waals surface area (Å²) in [5.74, 6) is -0.0589. The van der Waals surface area contributed by atoms with Crippen molar-refractivity contribution in [1.82, 2.24) is 0 Å². The molecule has 23 heavy (non-hydrogen) atoms. The van der Waals surface area contributed by atoms with Crippen molar-refractivity contribution in [2.24, 2.45) is 0 Å². The first-order chi connectivity index (χ1) is 11.1. The van der Waals surface area contributed by atoms with Gasteiger partial charge in [0.25, 0.3) is 0 Å². The Balaban J connectivity index is 2.12. The molecule has 0 unspecified atom stereocenters. The molecule has 120 valence electrons. The summed E-state index contributed by atoms with van der Waals surface area (Å²) in [7, 11) is 4.46. The molecule has 2 aromatic rings. The molecule has 0 saturated heterocycles. The topological polar surface area (TPSA) is 71.1 Å². The Bertz CT molecular complexity index is 706. The Kier molecular flexibility index (Phi) is 5.19. The van der Waals surface area contributed by atoms with E-state index in [0.717, 1.165) is 0 Å². The SMILES string of the molecule is COc1ccc(C(=O)OC(=O)c2ccc(OC)c(OC)c2)cc1. The normalized spacial score (nSPS) is 9.87. The molecule has 0 aliphatic rings. The third-order valence-electron chi connectivity index (χ3n) is 3.13. The van der Waals surface area contributed by atoms with E-state index in [9.17, 15) is 9.59 Å². The molecule has 0 aromatic heterocycles. The van der Waals surface area contributed by atoms with Gasteiger partial charge in [-0.2, -0.15) is 0 Å². The third-order valence-corrected chi connectivity index (χ3v) is 3.13. The highest BCUT2D eigenvalue weighted by molar-refractivity contribution is 6.02. The molecule has 0 atom stereocenters. The summed E-state index contributed by atoms with van der Waals surface area (Å²) in [4.78, 5) is 24.0.